The van der Waals surface area contributed by atoms with Gasteiger partial charge < -0.3 is 37.9 Å². The van der Waals surface area contributed by atoms with Gasteiger partial charge in [-0.2, -0.15) is 0 Å². The highest BCUT2D eigenvalue weighted by Crippen LogP contribution is 2.51. The lowest BCUT2D eigenvalue weighted by Gasteiger charge is -2.53. The Bertz CT molecular complexity index is 1420. The van der Waals surface area contributed by atoms with Gasteiger partial charge in [-0.05, 0) is 66.5 Å². The van der Waals surface area contributed by atoms with Crippen LogP contribution in [0.1, 0.15) is 47.3 Å². The summed E-state index contributed by atoms with van der Waals surface area (Å²) in [7, 11) is 8.92. The molecule has 12 nitrogen and oxygen atoms in total. The molecule has 3 aliphatic rings. The van der Waals surface area contributed by atoms with Crippen molar-refractivity contribution >= 4 is 17.9 Å². The zero-order chi connectivity index (χ0) is 32.4. The highest BCUT2D eigenvalue weighted by atomic mass is 16.6. The van der Waals surface area contributed by atoms with E-state index in [0.717, 1.165) is 18.5 Å². The maximum atomic E-state index is 13.6. The maximum Gasteiger partial charge on any atom is 0.338 e. The molecular formula is C33H41NO11. The van der Waals surface area contributed by atoms with Crippen molar-refractivity contribution in [3.05, 3.63) is 41.0 Å². The molecule has 12 heteroatoms. The maximum absolute atomic E-state index is 13.6. The first-order valence-electron chi connectivity index (χ1n) is 14.9. The van der Waals surface area contributed by atoms with Crippen LogP contribution in [-0.4, -0.2) is 90.8 Å². The third-order valence-electron chi connectivity index (χ3n) is 9.33. The molecule has 2 aromatic carbocycles. The molecule has 0 bridgehead atoms. The number of esters is 3. The summed E-state index contributed by atoms with van der Waals surface area (Å²) < 4.78 is 44.5. The zero-order valence-corrected chi connectivity index (χ0v) is 26.7. The Morgan fingerprint density at radius 1 is 0.778 bits per heavy atom. The van der Waals surface area contributed by atoms with Crippen molar-refractivity contribution < 1.29 is 52.3 Å². The van der Waals surface area contributed by atoms with Crippen molar-refractivity contribution in [1.29, 1.82) is 0 Å². The number of fused-ring (bicyclic) bond motifs is 4. The Morgan fingerprint density at radius 2 is 1.42 bits per heavy atom. The summed E-state index contributed by atoms with van der Waals surface area (Å²) in [5, 5.41) is 0. The molecule has 2 heterocycles. The van der Waals surface area contributed by atoms with Crippen LogP contribution in [0.25, 0.3) is 0 Å². The fourth-order valence-corrected chi connectivity index (χ4v) is 7.36. The largest absolute Gasteiger partial charge is 0.493 e. The first-order chi connectivity index (χ1) is 21.7. The molecule has 0 aromatic heterocycles. The fourth-order valence-electron chi connectivity index (χ4n) is 7.36. The van der Waals surface area contributed by atoms with E-state index in [1.807, 2.05) is 12.1 Å². The number of methoxy groups -OCH3 is 6. The fraction of sp³-hybridized carbons (Fsp3) is 0.545. The Labute approximate surface area is 262 Å². The van der Waals surface area contributed by atoms with Gasteiger partial charge >= 0.3 is 17.9 Å². The third-order valence-corrected chi connectivity index (χ3v) is 9.33. The molecule has 2 aliphatic heterocycles. The van der Waals surface area contributed by atoms with Gasteiger partial charge in [-0.1, -0.05) is 0 Å². The average Bonchev–Trinajstić information content (AvgIpc) is 3.05. The van der Waals surface area contributed by atoms with E-state index in [4.69, 9.17) is 37.9 Å². The van der Waals surface area contributed by atoms with Crippen LogP contribution in [0.4, 0.5) is 0 Å². The van der Waals surface area contributed by atoms with Gasteiger partial charge in [0.15, 0.2) is 29.1 Å². The van der Waals surface area contributed by atoms with E-state index in [-0.39, 0.29) is 34.9 Å². The van der Waals surface area contributed by atoms with Gasteiger partial charge in [0.1, 0.15) is 12.0 Å². The van der Waals surface area contributed by atoms with Crippen LogP contribution in [0.5, 0.6) is 28.7 Å². The van der Waals surface area contributed by atoms with E-state index in [0.29, 0.717) is 36.6 Å². The van der Waals surface area contributed by atoms with Crippen molar-refractivity contribution in [2.45, 2.75) is 44.4 Å². The van der Waals surface area contributed by atoms with Gasteiger partial charge in [-0.3, -0.25) is 14.5 Å². The Morgan fingerprint density at radius 3 is 2.00 bits per heavy atom. The lowest BCUT2D eigenvalue weighted by Crippen LogP contribution is -2.58. The normalized spacial score (nSPS) is 25.4. The van der Waals surface area contributed by atoms with E-state index in [1.54, 1.807) is 14.2 Å². The summed E-state index contributed by atoms with van der Waals surface area (Å²) in [5.74, 6) is -0.626. The van der Waals surface area contributed by atoms with Gasteiger partial charge in [0, 0.05) is 26.1 Å². The Balaban J connectivity index is 1.48. The molecule has 1 saturated heterocycles. The average molecular weight is 628 g/mol. The summed E-state index contributed by atoms with van der Waals surface area (Å²) in [6, 6.07) is 7.04. The number of hydrogen-bond acceptors (Lipinski definition) is 12. The number of piperidine rings is 1. The topological polar surface area (TPSA) is 128 Å². The van der Waals surface area contributed by atoms with Crippen LogP contribution < -0.4 is 23.7 Å². The molecule has 2 fully saturated rings. The summed E-state index contributed by atoms with van der Waals surface area (Å²) in [4.78, 5) is 41.9. The minimum Gasteiger partial charge on any atom is -0.493 e. The smallest absolute Gasteiger partial charge is 0.338 e. The number of ether oxygens (including phenoxy) is 8. The van der Waals surface area contributed by atoms with Crippen LogP contribution in [0, 0.1) is 17.8 Å². The van der Waals surface area contributed by atoms with E-state index < -0.39 is 36.0 Å². The second kappa shape index (κ2) is 13.4. The van der Waals surface area contributed by atoms with Gasteiger partial charge in [0.25, 0.3) is 0 Å². The van der Waals surface area contributed by atoms with Crippen molar-refractivity contribution in [2.75, 3.05) is 55.7 Å². The molecule has 1 aliphatic carbocycles. The van der Waals surface area contributed by atoms with Gasteiger partial charge in [-0.25, -0.2) is 4.79 Å². The number of hydrogen-bond donors (Lipinski definition) is 0. The third kappa shape index (κ3) is 6.07. The molecule has 244 valence electrons. The van der Waals surface area contributed by atoms with Crippen molar-refractivity contribution in [3.63, 3.8) is 0 Å². The van der Waals surface area contributed by atoms with Crippen LogP contribution in [0.2, 0.25) is 0 Å². The Hall–Kier alpha value is -4.19. The highest BCUT2D eigenvalue weighted by Gasteiger charge is 2.55. The van der Waals surface area contributed by atoms with E-state index in [2.05, 4.69) is 4.90 Å². The van der Waals surface area contributed by atoms with Crippen molar-refractivity contribution in [3.8, 4) is 28.7 Å². The van der Waals surface area contributed by atoms with Crippen LogP contribution in [-0.2, 0) is 30.2 Å². The predicted molar refractivity (Wildman–Crippen MR) is 160 cm³/mol. The SMILES string of the molecule is COC(=O)C1[C@H]2C[C@H]3c4cc(OC)c(OC)cc4CCN3C[C@H]2C[C@@H](OC(=O)c2cc(OC)c(OC)c(OC)c2)[C@H]1OC(C)=O. The number of benzene rings is 2. The second-order valence-corrected chi connectivity index (χ2v) is 11.5. The molecule has 1 saturated carbocycles. The quantitative estimate of drug-likeness (QED) is 0.298. The predicted octanol–water partition coefficient (Wildman–Crippen LogP) is 3.62. The lowest BCUT2D eigenvalue weighted by molar-refractivity contribution is -0.186. The number of rotatable bonds is 9. The Kier molecular flexibility index (Phi) is 9.62. The van der Waals surface area contributed by atoms with Crippen molar-refractivity contribution in [2.24, 2.45) is 17.8 Å². The van der Waals surface area contributed by atoms with Crippen molar-refractivity contribution in [1.82, 2.24) is 4.90 Å². The molecule has 2 aromatic rings. The first kappa shape index (κ1) is 32.2. The molecule has 6 atom stereocenters. The highest BCUT2D eigenvalue weighted by molar-refractivity contribution is 5.91. The van der Waals surface area contributed by atoms with Crippen LogP contribution >= 0.6 is 0 Å². The molecular weight excluding hydrogens is 586 g/mol. The molecule has 0 spiro atoms. The summed E-state index contributed by atoms with van der Waals surface area (Å²) in [5.41, 5.74) is 2.45. The van der Waals surface area contributed by atoms with Crippen LogP contribution in [0.15, 0.2) is 24.3 Å². The number of carbonyl (C=O) groups excluding carboxylic acids is 3. The minimum atomic E-state index is -1.04. The minimum absolute atomic E-state index is 0.0123. The van der Waals surface area contributed by atoms with E-state index in [1.165, 1.54) is 53.1 Å². The lowest BCUT2D eigenvalue weighted by atomic mass is 9.63. The molecule has 5 rings (SSSR count). The number of carbonyl (C=O) groups is 3. The summed E-state index contributed by atoms with van der Waals surface area (Å²) >= 11 is 0. The molecule has 1 unspecified atom stereocenters. The van der Waals surface area contributed by atoms with Gasteiger partial charge in [0.05, 0.1) is 48.2 Å². The van der Waals surface area contributed by atoms with Gasteiger partial charge in [-0.15, -0.1) is 0 Å². The monoisotopic (exact) mass is 627 g/mol. The van der Waals surface area contributed by atoms with E-state index in [9.17, 15) is 14.4 Å². The van der Waals surface area contributed by atoms with E-state index >= 15 is 0 Å². The van der Waals surface area contributed by atoms with Crippen LogP contribution in [0.3, 0.4) is 0 Å². The summed E-state index contributed by atoms with van der Waals surface area (Å²) in [6.45, 7) is 2.77. The second-order valence-electron chi connectivity index (χ2n) is 11.5. The molecule has 0 radical (unpaired) electrons. The molecule has 45 heavy (non-hydrogen) atoms. The first-order valence-corrected chi connectivity index (χ1v) is 14.9. The molecule has 0 amide bonds. The zero-order valence-electron chi connectivity index (χ0n) is 26.7. The van der Waals surface area contributed by atoms with Gasteiger partial charge in [0.2, 0.25) is 5.75 Å². The molecule has 0 N–H and O–H groups in total. The summed E-state index contributed by atoms with van der Waals surface area (Å²) in [6.07, 6.45) is -0.0856. The standard InChI is InChI=1S/C33H41NO11/c1-17(35)44-31-28(45-32(36)19-11-26(40-4)30(42-6)27(12-19)41-5)13-20-16-34-9-8-18-10-24(38-2)25(39-3)15-21(18)23(34)14-22(20)29(31)33(37)43-7/h10-12,15,20,22-23,28-29,31H,8-9,13-14,16H2,1-7H3/t20-,22+,23+,28-,29?,31-/m1/s1. The number of nitrogens with zero attached hydrogens (tertiary/aromatic N) is 1.